The minimum absolute atomic E-state index is 0.204. The van der Waals surface area contributed by atoms with Crippen molar-refractivity contribution in [3.05, 3.63) is 54.6 Å². The number of hydrogen-bond donors (Lipinski definition) is 0. The van der Waals surface area contributed by atoms with E-state index < -0.39 is 0 Å². The van der Waals surface area contributed by atoms with Gasteiger partial charge in [0, 0.05) is 9.35 Å². The molecule has 0 aliphatic carbocycles. The van der Waals surface area contributed by atoms with Crippen LogP contribution in [-0.2, 0) is 0 Å². The van der Waals surface area contributed by atoms with Crippen molar-refractivity contribution in [1.82, 2.24) is 0 Å². The molecule has 17 heavy (non-hydrogen) atoms. The third-order valence-corrected chi connectivity index (χ3v) is 6.60. The number of halogens is 3. The first-order valence-electron chi connectivity index (χ1n) is 5.15. The van der Waals surface area contributed by atoms with Crippen molar-refractivity contribution < 1.29 is 0 Å². The Kier molecular flexibility index (Phi) is 4.35. The van der Waals surface area contributed by atoms with Crippen molar-refractivity contribution in [2.24, 2.45) is 0 Å². The number of benzene rings is 1. The third-order valence-electron chi connectivity index (χ3n) is 2.74. The monoisotopic (exact) mass is 392 g/mol. The highest BCUT2D eigenvalue weighted by molar-refractivity contribution is 9.10. The van der Waals surface area contributed by atoms with Gasteiger partial charge in [0.1, 0.15) is 4.34 Å². The summed E-state index contributed by atoms with van der Waals surface area (Å²) in [7, 11) is 0. The van der Waals surface area contributed by atoms with Gasteiger partial charge in [-0.15, -0.1) is 11.3 Å². The van der Waals surface area contributed by atoms with Crippen LogP contribution in [0.4, 0.5) is 0 Å². The standard InChI is InChI=1S/C13H11Br2ClS/c1-7-3-4-9(5-8(7)2)12(15)11-6-10(14)13(16)17-11/h3-6,12H,1-2H3. The van der Waals surface area contributed by atoms with Gasteiger partial charge in [0.15, 0.2) is 0 Å². The highest BCUT2D eigenvalue weighted by Gasteiger charge is 2.15. The molecule has 2 aromatic rings. The highest BCUT2D eigenvalue weighted by Crippen LogP contribution is 2.41. The molecule has 1 aromatic heterocycles. The summed E-state index contributed by atoms with van der Waals surface area (Å²) in [5, 5.41) is 0. The van der Waals surface area contributed by atoms with Gasteiger partial charge in [-0.2, -0.15) is 0 Å². The van der Waals surface area contributed by atoms with E-state index in [1.807, 2.05) is 0 Å². The van der Waals surface area contributed by atoms with Crippen LogP contribution in [0, 0.1) is 13.8 Å². The van der Waals surface area contributed by atoms with Gasteiger partial charge in [0.25, 0.3) is 0 Å². The third kappa shape index (κ3) is 2.95. The molecular formula is C13H11Br2ClS. The summed E-state index contributed by atoms with van der Waals surface area (Å²) in [6, 6.07) is 8.60. The molecule has 0 saturated heterocycles. The molecule has 0 saturated carbocycles. The van der Waals surface area contributed by atoms with E-state index in [4.69, 9.17) is 11.6 Å². The summed E-state index contributed by atoms with van der Waals surface area (Å²) in [6.45, 7) is 4.26. The van der Waals surface area contributed by atoms with Crippen LogP contribution in [0.5, 0.6) is 0 Å². The van der Waals surface area contributed by atoms with Gasteiger partial charge in [0.05, 0.1) is 4.83 Å². The molecule has 0 aliphatic heterocycles. The lowest BCUT2D eigenvalue weighted by Gasteiger charge is -2.10. The largest absolute Gasteiger partial charge is 0.126 e. The summed E-state index contributed by atoms with van der Waals surface area (Å²) in [5.74, 6) is 0. The lowest BCUT2D eigenvalue weighted by molar-refractivity contribution is 1.19. The van der Waals surface area contributed by atoms with Crippen molar-refractivity contribution in [1.29, 1.82) is 0 Å². The molecule has 0 radical (unpaired) electrons. The summed E-state index contributed by atoms with van der Waals surface area (Å²) >= 11 is 14.8. The van der Waals surface area contributed by atoms with Gasteiger partial charge in [-0.05, 0) is 52.5 Å². The lowest BCUT2D eigenvalue weighted by Crippen LogP contribution is -1.91. The predicted molar refractivity (Wildman–Crippen MR) is 83.7 cm³/mol. The van der Waals surface area contributed by atoms with Gasteiger partial charge in [0.2, 0.25) is 0 Å². The summed E-state index contributed by atoms with van der Waals surface area (Å²) < 4.78 is 1.76. The Balaban J connectivity index is 2.36. The molecule has 90 valence electrons. The van der Waals surface area contributed by atoms with Crippen LogP contribution in [0.1, 0.15) is 26.4 Å². The molecule has 0 amide bonds. The van der Waals surface area contributed by atoms with Gasteiger partial charge >= 0.3 is 0 Å². The van der Waals surface area contributed by atoms with Gasteiger partial charge in [-0.25, -0.2) is 0 Å². The Labute approximate surface area is 127 Å². The summed E-state index contributed by atoms with van der Waals surface area (Å²) in [4.78, 5) is 1.42. The van der Waals surface area contributed by atoms with Crippen molar-refractivity contribution >= 4 is 54.8 Å². The maximum Gasteiger partial charge on any atom is 0.107 e. The zero-order valence-corrected chi connectivity index (χ0v) is 14.2. The Bertz CT molecular complexity index is 529. The lowest BCUT2D eigenvalue weighted by atomic mass is 10.0. The molecule has 1 atom stereocenters. The second-order valence-electron chi connectivity index (χ2n) is 3.98. The molecule has 0 aliphatic rings. The van der Waals surface area contributed by atoms with Gasteiger partial charge < -0.3 is 0 Å². The van der Waals surface area contributed by atoms with Crippen molar-refractivity contribution in [3.63, 3.8) is 0 Å². The van der Waals surface area contributed by atoms with E-state index in [1.54, 1.807) is 11.3 Å². The Morgan fingerprint density at radius 2 is 1.88 bits per heavy atom. The summed E-state index contributed by atoms with van der Waals surface area (Å²) in [6.07, 6.45) is 0. The van der Waals surface area contributed by atoms with E-state index in [-0.39, 0.29) is 4.83 Å². The van der Waals surface area contributed by atoms with E-state index in [9.17, 15) is 0 Å². The van der Waals surface area contributed by atoms with E-state index >= 15 is 0 Å². The molecule has 0 nitrogen and oxygen atoms in total. The molecule has 1 heterocycles. The van der Waals surface area contributed by atoms with E-state index in [1.165, 1.54) is 21.6 Å². The maximum atomic E-state index is 6.07. The summed E-state index contributed by atoms with van der Waals surface area (Å²) in [5.41, 5.74) is 3.89. The zero-order valence-electron chi connectivity index (χ0n) is 9.43. The fourth-order valence-electron chi connectivity index (χ4n) is 1.57. The van der Waals surface area contributed by atoms with Crippen molar-refractivity contribution in [3.8, 4) is 0 Å². The zero-order chi connectivity index (χ0) is 12.6. The van der Waals surface area contributed by atoms with Gasteiger partial charge in [-0.3, -0.25) is 0 Å². The molecule has 0 bridgehead atoms. The van der Waals surface area contributed by atoms with Gasteiger partial charge in [-0.1, -0.05) is 45.7 Å². The molecule has 1 aromatic carbocycles. The minimum Gasteiger partial charge on any atom is -0.126 e. The van der Waals surface area contributed by atoms with E-state index in [0.717, 1.165) is 8.81 Å². The van der Waals surface area contributed by atoms with Crippen LogP contribution in [0.15, 0.2) is 28.7 Å². The number of thiophene rings is 1. The normalized spacial score (nSPS) is 12.8. The number of aryl methyl sites for hydroxylation is 2. The fraction of sp³-hybridized carbons (Fsp3) is 0.231. The number of alkyl halides is 1. The second kappa shape index (κ2) is 5.43. The quantitative estimate of drug-likeness (QED) is 0.527. The van der Waals surface area contributed by atoms with Crippen LogP contribution in [0.3, 0.4) is 0 Å². The second-order valence-corrected chi connectivity index (χ2v) is 7.43. The Hall–Kier alpha value is 0.170. The molecule has 1 unspecified atom stereocenters. The number of hydrogen-bond acceptors (Lipinski definition) is 1. The van der Waals surface area contributed by atoms with Crippen molar-refractivity contribution in [2.45, 2.75) is 18.7 Å². The molecule has 0 N–H and O–H groups in total. The SMILES string of the molecule is Cc1ccc(C(Br)c2cc(Br)c(Cl)s2)cc1C. The average molecular weight is 395 g/mol. The molecule has 0 spiro atoms. The topological polar surface area (TPSA) is 0 Å². The first-order valence-corrected chi connectivity index (χ1v) is 8.05. The number of rotatable bonds is 2. The molecule has 2 rings (SSSR count). The molecule has 4 heteroatoms. The maximum absolute atomic E-state index is 6.07. The van der Waals surface area contributed by atoms with Crippen LogP contribution in [0.25, 0.3) is 0 Å². The minimum atomic E-state index is 0.204. The Morgan fingerprint density at radius 3 is 2.41 bits per heavy atom. The highest BCUT2D eigenvalue weighted by atomic mass is 79.9. The van der Waals surface area contributed by atoms with Crippen molar-refractivity contribution in [2.75, 3.05) is 0 Å². The molecular weight excluding hydrogens is 383 g/mol. The van der Waals surface area contributed by atoms with Crippen LogP contribution >= 0.6 is 54.8 Å². The van der Waals surface area contributed by atoms with Crippen LogP contribution in [-0.4, -0.2) is 0 Å². The van der Waals surface area contributed by atoms with E-state index in [0.29, 0.717) is 0 Å². The fourth-order valence-corrected chi connectivity index (χ4v) is 4.01. The van der Waals surface area contributed by atoms with E-state index in [2.05, 4.69) is 70.0 Å². The average Bonchev–Trinajstić information content (AvgIpc) is 2.62. The van der Waals surface area contributed by atoms with Crippen LogP contribution in [0.2, 0.25) is 4.34 Å². The Morgan fingerprint density at radius 1 is 1.18 bits per heavy atom. The van der Waals surface area contributed by atoms with Crippen LogP contribution < -0.4 is 0 Å². The first-order chi connectivity index (χ1) is 7.99. The molecule has 0 fully saturated rings. The first kappa shape index (κ1) is 13.6. The predicted octanol–water partition coefficient (Wildman–Crippen LogP) is 6.27. The smallest absolute Gasteiger partial charge is 0.107 e.